The summed E-state index contributed by atoms with van der Waals surface area (Å²) in [4.78, 5) is 15.0. The molecule has 1 atom stereocenters. The number of anilines is 1. The number of nitrogens with one attached hydrogen (secondary N) is 1. The standard InChI is InChI=1S/C34H35N7O4S2/c1-19(2)25-18-47(42,43)32-29(27-14-23-8-11-36-33(31(23)46-27)38-17-22-4-6-24(15-35)37-16-22)28(34-41-40-20(3)45-34)26(39-30(25)32)7-5-21-9-12-44-13-10-21/h4,6,8,11,14,16,19,21,25H,5,7,9-10,12-13,17-18H2,1-3H3,(H,36,38)/t25-/m1/s1. The number of thiophene rings is 1. The number of aryl methyl sites for hydroxylation is 2. The Kier molecular flexibility index (Phi) is 8.50. The van der Waals surface area contributed by atoms with Crippen LogP contribution in [-0.2, 0) is 27.5 Å². The highest BCUT2D eigenvalue weighted by molar-refractivity contribution is 7.92. The second-order valence-corrected chi connectivity index (χ2v) is 15.6. The Labute approximate surface area is 277 Å². The third-order valence-corrected chi connectivity index (χ3v) is 12.1. The molecule has 47 heavy (non-hydrogen) atoms. The highest BCUT2D eigenvalue weighted by Crippen LogP contribution is 2.51. The van der Waals surface area contributed by atoms with Crippen molar-refractivity contribution in [3.8, 4) is 28.0 Å². The van der Waals surface area contributed by atoms with Gasteiger partial charge in [0.15, 0.2) is 9.84 Å². The van der Waals surface area contributed by atoms with E-state index >= 15 is 0 Å². The van der Waals surface area contributed by atoms with E-state index in [2.05, 4.69) is 39.3 Å². The molecule has 0 amide bonds. The fraction of sp³-hybridized carbons (Fsp3) is 0.412. The lowest BCUT2D eigenvalue weighted by molar-refractivity contribution is 0.0639. The van der Waals surface area contributed by atoms with Crippen molar-refractivity contribution in [1.29, 1.82) is 5.26 Å². The Morgan fingerprint density at radius 1 is 1.13 bits per heavy atom. The summed E-state index contributed by atoms with van der Waals surface area (Å²) in [6, 6.07) is 9.54. The van der Waals surface area contributed by atoms with Gasteiger partial charge in [0.05, 0.1) is 32.3 Å². The summed E-state index contributed by atoms with van der Waals surface area (Å²) in [5.74, 6) is 1.73. The molecule has 1 saturated heterocycles. The van der Waals surface area contributed by atoms with Gasteiger partial charge in [-0.1, -0.05) is 19.9 Å². The number of hydrogen-bond acceptors (Lipinski definition) is 12. The van der Waals surface area contributed by atoms with Crippen molar-refractivity contribution in [2.75, 3.05) is 24.3 Å². The fourth-order valence-electron chi connectivity index (χ4n) is 6.53. The summed E-state index contributed by atoms with van der Waals surface area (Å²) in [7, 11) is -3.68. The molecule has 2 aliphatic heterocycles. The van der Waals surface area contributed by atoms with Crippen molar-refractivity contribution in [2.45, 2.75) is 63.8 Å². The zero-order chi connectivity index (χ0) is 32.7. The van der Waals surface area contributed by atoms with Gasteiger partial charge in [-0.3, -0.25) is 4.98 Å². The average Bonchev–Trinajstić information content (AvgIpc) is 3.78. The van der Waals surface area contributed by atoms with Crippen LogP contribution in [0, 0.1) is 30.1 Å². The summed E-state index contributed by atoms with van der Waals surface area (Å²) < 4.78 is 40.7. The van der Waals surface area contributed by atoms with Crippen LogP contribution in [0.5, 0.6) is 0 Å². The predicted molar refractivity (Wildman–Crippen MR) is 179 cm³/mol. The van der Waals surface area contributed by atoms with Crippen molar-refractivity contribution in [3.05, 3.63) is 65.2 Å². The van der Waals surface area contributed by atoms with Gasteiger partial charge in [-0.15, -0.1) is 21.5 Å². The molecule has 0 unspecified atom stereocenters. The summed E-state index contributed by atoms with van der Waals surface area (Å²) >= 11 is 1.48. The number of sulfone groups is 1. The molecule has 5 aromatic heterocycles. The number of pyridine rings is 3. The van der Waals surface area contributed by atoms with Gasteiger partial charge in [-0.05, 0) is 66.7 Å². The van der Waals surface area contributed by atoms with E-state index in [1.807, 2.05) is 24.3 Å². The van der Waals surface area contributed by atoms with Gasteiger partial charge in [0, 0.05) is 55.4 Å². The molecule has 13 heteroatoms. The minimum Gasteiger partial charge on any atom is -0.421 e. The van der Waals surface area contributed by atoms with Crippen LogP contribution in [-0.4, -0.2) is 52.5 Å². The second kappa shape index (κ2) is 12.7. The van der Waals surface area contributed by atoms with Gasteiger partial charge in [0.1, 0.15) is 17.6 Å². The Hall–Kier alpha value is -4.25. The van der Waals surface area contributed by atoms with Gasteiger partial charge in [-0.25, -0.2) is 18.4 Å². The number of ether oxygens (including phenoxy) is 1. The summed E-state index contributed by atoms with van der Waals surface area (Å²) in [6.45, 7) is 7.81. The Morgan fingerprint density at radius 3 is 2.66 bits per heavy atom. The number of hydrogen-bond donors (Lipinski definition) is 1. The van der Waals surface area contributed by atoms with E-state index in [0.717, 1.165) is 58.7 Å². The molecule has 0 aromatic carbocycles. The zero-order valence-electron chi connectivity index (χ0n) is 26.5. The first kappa shape index (κ1) is 31.4. The molecule has 1 N–H and O–H groups in total. The first-order valence-corrected chi connectivity index (χ1v) is 18.3. The molecule has 242 valence electrons. The van der Waals surface area contributed by atoms with Gasteiger partial charge in [0.25, 0.3) is 0 Å². The molecule has 11 nitrogen and oxygen atoms in total. The molecular formula is C34H35N7O4S2. The molecule has 0 radical (unpaired) electrons. The van der Waals surface area contributed by atoms with Crippen molar-refractivity contribution >= 4 is 37.1 Å². The molecule has 1 fully saturated rings. The number of nitrogens with zero attached hydrogens (tertiary/aromatic N) is 6. The van der Waals surface area contributed by atoms with Crippen LogP contribution < -0.4 is 5.32 Å². The van der Waals surface area contributed by atoms with Crippen LogP contribution in [0.1, 0.15) is 67.6 Å². The van der Waals surface area contributed by atoms with Crippen LogP contribution in [0.3, 0.4) is 0 Å². The molecule has 0 aliphatic carbocycles. The molecule has 5 aromatic rings. The van der Waals surface area contributed by atoms with E-state index < -0.39 is 9.84 Å². The number of rotatable bonds is 9. The van der Waals surface area contributed by atoms with Crippen molar-refractivity contribution in [3.63, 3.8) is 0 Å². The number of fused-ring (bicyclic) bond motifs is 2. The third-order valence-electron chi connectivity index (χ3n) is 9.07. The first-order valence-electron chi connectivity index (χ1n) is 15.9. The number of aromatic nitrogens is 5. The zero-order valence-corrected chi connectivity index (χ0v) is 28.1. The van der Waals surface area contributed by atoms with Crippen LogP contribution in [0.2, 0.25) is 0 Å². The Morgan fingerprint density at radius 2 is 1.96 bits per heavy atom. The number of nitriles is 1. The minimum absolute atomic E-state index is 0.0175. The van der Waals surface area contributed by atoms with Crippen molar-refractivity contribution in [2.24, 2.45) is 11.8 Å². The van der Waals surface area contributed by atoms with Crippen LogP contribution >= 0.6 is 11.3 Å². The highest BCUT2D eigenvalue weighted by Gasteiger charge is 2.43. The molecular weight excluding hydrogens is 635 g/mol. The first-order chi connectivity index (χ1) is 22.7. The molecule has 0 bridgehead atoms. The molecule has 0 saturated carbocycles. The fourth-order valence-corrected chi connectivity index (χ4v) is 9.99. The van der Waals surface area contributed by atoms with E-state index in [1.165, 1.54) is 11.3 Å². The quantitative estimate of drug-likeness (QED) is 0.183. The van der Waals surface area contributed by atoms with Gasteiger partial charge < -0.3 is 14.5 Å². The largest absolute Gasteiger partial charge is 0.421 e. The lowest BCUT2D eigenvalue weighted by atomic mass is 9.89. The van der Waals surface area contributed by atoms with Crippen molar-refractivity contribution in [1.82, 2.24) is 25.1 Å². The van der Waals surface area contributed by atoms with Gasteiger partial charge in [-0.2, -0.15) is 5.26 Å². The van der Waals surface area contributed by atoms with Crippen molar-refractivity contribution < 1.29 is 17.6 Å². The van der Waals surface area contributed by atoms with Crippen LogP contribution in [0.4, 0.5) is 5.82 Å². The van der Waals surface area contributed by atoms with Gasteiger partial charge in [0.2, 0.25) is 11.8 Å². The van der Waals surface area contributed by atoms with E-state index in [4.69, 9.17) is 19.4 Å². The summed E-state index contributed by atoms with van der Waals surface area (Å²) in [5, 5.41) is 22.0. The van der Waals surface area contributed by atoms with E-state index in [9.17, 15) is 8.42 Å². The molecule has 0 spiro atoms. The third kappa shape index (κ3) is 6.13. The smallest absolute Gasteiger partial charge is 0.250 e. The van der Waals surface area contributed by atoms with E-state index in [0.29, 0.717) is 53.1 Å². The Balaban J connectivity index is 1.39. The normalized spacial score (nSPS) is 17.6. The van der Waals surface area contributed by atoms with Gasteiger partial charge >= 0.3 is 0 Å². The maximum atomic E-state index is 14.1. The lowest BCUT2D eigenvalue weighted by Crippen LogP contribution is -2.17. The maximum Gasteiger partial charge on any atom is 0.250 e. The SMILES string of the molecule is Cc1nnc(-c2c(CCC3CCOCC3)nc3c(c2-c2cc4ccnc(NCc5ccc(C#N)nc5)c4s2)S(=O)(=O)C[C@@H]3C(C)C)o1. The summed E-state index contributed by atoms with van der Waals surface area (Å²) in [5.41, 5.74) is 3.88. The topological polar surface area (TPSA) is 157 Å². The molecule has 7 rings (SSSR count). The maximum absolute atomic E-state index is 14.1. The monoisotopic (exact) mass is 669 g/mol. The second-order valence-electron chi connectivity index (χ2n) is 12.6. The van der Waals surface area contributed by atoms with E-state index in [-0.39, 0.29) is 28.4 Å². The minimum atomic E-state index is -3.68. The highest BCUT2D eigenvalue weighted by atomic mass is 32.2. The Bertz CT molecular complexity index is 2090. The average molecular weight is 670 g/mol. The van der Waals surface area contributed by atoms with Crippen LogP contribution in [0.15, 0.2) is 46.0 Å². The summed E-state index contributed by atoms with van der Waals surface area (Å²) in [6.07, 6.45) is 6.96. The van der Waals surface area contributed by atoms with Crippen LogP contribution in [0.25, 0.3) is 32.0 Å². The van der Waals surface area contributed by atoms with E-state index in [1.54, 1.807) is 25.4 Å². The lowest BCUT2D eigenvalue weighted by Gasteiger charge is -2.23. The predicted octanol–water partition coefficient (Wildman–Crippen LogP) is 6.48. The molecule has 7 heterocycles. The molecule has 2 aliphatic rings.